The van der Waals surface area contributed by atoms with Crippen molar-refractivity contribution in [2.75, 3.05) is 44.4 Å². The number of fused-ring (bicyclic) bond motifs is 2. The van der Waals surface area contributed by atoms with Gasteiger partial charge in [-0.1, -0.05) is 12.1 Å². The van der Waals surface area contributed by atoms with Crippen LogP contribution in [0.2, 0.25) is 0 Å². The fraction of sp³-hybridized carbons (Fsp3) is 0.286. The van der Waals surface area contributed by atoms with E-state index >= 15 is 0 Å². The molecule has 2 aliphatic heterocycles. The molecule has 5 rings (SSSR count). The minimum absolute atomic E-state index is 0.0357. The molecule has 1 fully saturated rings. The van der Waals surface area contributed by atoms with Gasteiger partial charge in [-0.05, 0) is 35.4 Å². The van der Waals surface area contributed by atoms with E-state index in [1.165, 1.54) is 0 Å². The Morgan fingerprint density at radius 3 is 2.37 bits per heavy atom. The molecule has 0 saturated carbocycles. The summed E-state index contributed by atoms with van der Waals surface area (Å²) in [7, 11) is 0. The third kappa shape index (κ3) is 3.02. The fourth-order valence-electron chi connectivity index (χ4n) is 3.48. The summed E-state index contributed by atoms with van der Waals surface area (Å²) in [5, 5.41) is 0.577. The Labute approximate surface area is 155 Å². The molecule has 2 aliphatic rings. The first-order valence-corrected chi connectivity index (χ1v) is 9.08. The van der Waals surface area contributed by atoms with E-state index < -0.39 is 0 Å². The first-order chi connectivity index (χ1) is 13.3. The molecule has 0 atom stereocenters. The number of hydrogen-bond donors (Lipinski definition) is 0. The van der Waals surface area contributed by atoms with Gasteiger partial charge in [0.15, 0.2) is 22.8 Å². The highest BCUT2D eigenvalue weighted by Crippen LogP contribution is 2.35. The van der Waals surface area contributed by atoms with Crippen molar-refractivity contribution in [3.63, 3.8) is 0 Å². The molecule has 1 saturated heterocycles. The second-order valence-electron chi connectivity index (χ2n) is 6.62. The molecule has 0 spiro atoms. The molecular formula is C21H19NO5. The zero-order valence-corrected chi connectivity index (χ0v) is 14.8. The maximum Gasteiger partial charge on any atom is 0.200 e. The quantitative estimate of drug-likeness (QED) is 0.696. The summed E-state index contributed by atoms with van der Waals surface area (Å²) in [5.41, 5.74) is 2.49. The molecule has 0 radical (unpaired) electrons. The molecule has 2 aromatic carbocycles. The van der Waals surface area contributed by atoms with E-state index in [0.717, 1.165) is 35.7 Å². The summed E-state index contributed by atoms with van der Waals surface area (Å²) in [5.74, 6) is 2.09. The summed E-state index contributed by atoms with van der Waals surface area (Å²) < 4.78 is 22.7. The maximum absolute atomic E-state index is 12.5. The van der Waals surface area contributed by atoms with Crippen LogP contribution in [0.15, 0.2) is 51.7 Å². The van der Waals surface area contributed by atoms with Crippen LogP contribution in [0, 0.1) is 0 Å². The van der Waals surface area contributed by atoms with Gasteiger partial charge in [-0.2, -0.15) is 0 Å². The molecule has 6 heteroatoms. The van der Waals surface area contributed by atoms with Crippen LogP contribution in [-0.4, -0.2) is 39.5 Å². The lowest BCUT2D eigenvalue weighted by atomic mass is 10.0. The Morgan fingerprint density at radius 1 is 0.778 bits per heavy atom. The van der Waals surface area contributed by atoms with E-state index in [2.05, 4.69) is 0 Å². The molecule has 6 nitrogen and oxygen atoms in total. The Balaban J connectivity index is 1.57. The highest BCUT2D eigenvalue weighted by atomic mass is 16.6. The molecule has 0 unspecified atom stereocenters. The van der Waals surface area contributed by atoms with Crippen molar-refractivity contribution >= 4 is 16.9 Å². The molecule has 138 valence electrons. The number of morpholine rings is 1. The third-order valence-corrected chi connectivity index (χ3v) is 4.91. The van der Waals surface area contributed by atoms with Crippen LogP contribution in [0.4, 0.5) is 5.88 Å². The predicted molar refractivity (Wildman–Crippen MR) is 102 cm³/mol. The average molecular weight is 365 g/mol. The lowest BCUT2D eigenvalue weighted by molar-refractivity contribution is 0.121. The van der Waals surface area contributed by atoms with Crippen molar-refractivity contribution in [2.45, 2.75) is 0 Å². The van der Waals surface area contributed by atoms with Crippen LogP contribution >= 0.6 is 0 Å². The summed E-state index contributed by atoms with van der Waals surface area (Å²) in [6.45, 7) is 3.83. The topological polar surface area (TPSA) is 61.1 Å². The normalized spacial score (nSPS) is 16.5. The minimum Gasteiger partial charge on any atom is -0.486 e. The van der Waals surface area contributed by atoms with Gasteiger partial charge in [-0.15, -0.1) is 0 Å². The summed E-state index contributed by atoms with van der Waals surface area (Å²) in [6.07, 6.45) is 0. The van der Waals surface area contributed by atoms with Gasteiger partial charge < -0.3 is 23.5 Å². The van der Waals surface area contributed by atoms with Crippen molar-refractivity contribution in [3.8, 4) is 22.6 Å². The van der Waals surface area contributed by atoms with Crippen LogP contribution in [0.3, 0.4) is 0 Å². The van der Waals surface area contributed by atoms with Crippen molar-refractivity contribution in [2.24, 2.45) is 0 Å². The second-order valence-corrected chi connectivity index (χ2v) is 6.62. The van der Waals surface area contributed by atoms with Crippen molar-refractivity contribution in [1.29, 1.82) is 0 Å². The van der Waals surface area contributed by atoms with E-state index in [4.69, 9.17) is 18.6 Å². The van der Waals surface area contributed by atoms with Crippen molar-refractivity contribution < 1.29 is 18.6 Å². The molecule has 3 heterocycles. The number of benzene rings is 2. The zero-order chi connectivity index (χ0) is 18.2. The van der Waals surface area contributed by atoms with E-state index in [9.17, 15) is 4.79 Å². The van der Waals surface area contributed by atoms with E-state index in [0.29, 0.717) is 43.3 Å². The van der Waals surface area contributed by atoms with Crippen LogP contribution in [0.5, 0.6) is 11.5 Å². The standard InChI is InChI=1S/C21H19NO5/c23-17-13-21(22-5-7-24-8-6-22)27-19-11-14(1-3-16(17)19)15-2-4-18-20(12-15)26-10-9-25-18/h1-4,11-13H,5-10H2. The summed E-state index contributed by atoms with van der Waals surface area (Å²) >= 11 is 0. The van der Waals surface area contributed by atoms with E-state index in [-0.39, 0.29) is 5.43 Å². The number of rotatable bonds is 2. The van der Waals surface area contributed by atoms with Gasteiger partial charge in [0.05, 0.1) is 18.6 Å². The Bertz CT molecular complexity index is 1050. The summed E-state index contributed by atoms with van der Waals surface area (Å²) in [4.78, 5) is 14.6. The number of hydrogen-bond acceptors (Lipinski definition) is 6. The summed E-state index contributed by atoms with van der Waals surface area (Å²) in [6, 6.07) is 13.1. The zero-order valence-electron chi connectivity index (χ0n) is 14.8. The van der Waals surface area contributed by atoms with Crippen LogP contribution < -0.4 is 19.8 Å². The highest BCUT2D eigenvalue weighted by molar-refractivity contribution is 5.84. The lowest BCUT2D eigenvalue weighted by Crippen LogP contribution is -2.36. The van der Waals surface area contributed by atoms with Gasteiger partial charge in [0, 0.05) is 19.2 Å². The molecule has 0 N–H and O–H groups in total. The third-order valence-electron chi connectivity index (χ3n) is 4.91. The van der Waals surface area contributed by atoms with Gasteiger partial charge in [-0.25, -0.2) is 0 Å². The Kier molecular flexibility index (Phi) is 3.98. The van der Waals surface area contributed by atoms with E-state index in [1.54, 1.807) is 6.07 Å². The molecule has 1 aromatic heterocycles. The maximum atomic E-state index is 12.5. The van der Waals surface area contributed by atoms with Crippen molar-refractivity contribution in [1.82, 2.24) is 0 Å². The molecule has 27 heavy (non-hydrogen) atoms. The number of ether oxygens (including phenoxy) is 3. The highest BCUT2D eigenvalue weighted by Gasteiger charge is 2.16. The predicted octanol–water partition coefficient (Wildman–Crippen LogP) is 3.07. The molecule has 0 aliphatic carbocycles. The smallest absolute Gasteiger partial charge is 0.200 e. The van der Waals surface area contributed by atoms with Gasteiger partial charge >= 0.3 is 0 Å². The van der Waals surface area contributed by atoms with Gasteiger partial charge in [0.1, 0.15) is 18.8 Å². The second kappa shape index (κ2) is 6.63. The van der Waals surface area contributed by atoms with Crippen molar-refractivity contribution in [3.05, 3.63) is 52.7 Å². The lowest BCUT2D eigenvalue weighted by Gasteiger charge is -2.27. The van der Waals surface area contributed by atoms with Crippen LogP contribution in [0.25, 0.3) is 22.1 Å². The Morgan fingerprint density at radius 2 is 1.52 bits per heavy atom. The van der Waals surface area contributed by atoms with Crippen LogP contribution in [0.1, 0.15) is 0 Å². The molecule has 0 bridgehead atoms. The van der Waals surface area contributed by atoms with Gasteiger partial charge in [0.25, 0.3) is 0 Å². The molecular weight excluding hydrogens is 346 g/mol. The first kappa shape index (κ1) is 16.2. The van der Waals surface area contributed by atoms with Gasteiger partial charge in [-0.3, -0.25) is 4.79 Å². The fourth-order valence-corrected chi connectivity index (χ4v) is 3.48. The SMILES string of the molecule is O=c1cc(N2CCOCC2)oc2cc(-c3ccc4c(c3)OCCO4)ccc12. The average Bonchev–Trinajstić information content (AvgIpc) is 2.73. The minimum atomic E-state index is -0.0357. The first-order valence-electron chi connectivity index (χ1n) is 9.08. The van der Waals surface area contributed by atoms with E-state index in [1.807, 2.05) is 41.3 Å². The Hall–Kier alpha value is -2.99. The number of nitrogens with zero attached hydrogens (tertiary/aromatic N) is 1. The van der Waals surface area contributed by atoms with Gasteiger partial charge in [0.2, 0.25) is 0 Å². The monoisotopic (exact) mass is 365 g/mol. The molecule has 0 amide bonds. The largest absolute Gasteiger partial charge is 0.486 e. The van der Waals surface area contributed by atoms with Crippen LogP contribution in [-0.2, 0) is 4.74 Å². The molecule has 3 aromatic rings. The number of anilines is 1.